The van der Waals surface area contributed by atoms with E-state index in [2.05, 4.69) is 25.3 Å². The van der Waals surface area contributed by atoms with Gasteiger partial charge in [-0.2, -0.15) is 19.9 Å². The van der Waals surface area contributed by atoms with E-state index in [0.29, 0.717) is 46.1 Å². The number of hydrogen-bond acceptors (Lipinski definition) is 9. The SMILES string of the molecule is CCc1nc(NCc2cccc(B(O)O)c2)nc(-n2c(OC)nc3c(S(N)=O)cccc32)n1. The molecule has 1 unspecified atom stereocenters. The molecule has 0 saturated heterocycles. The Bertz CT molecular complexity index is 1330. The molecule has 0 aliphatic rings. The van der Waals surface area contributed by atoms with Gasteiger partial charge in [0.05, 0.1) is 17.5 Å². The number of aryl methyl sites for hydroxylation is 1. The number of ether oxygens (including phenoxy) is 1. The minimum atomic E-state index is -1.73. The minimum Gasteiger partial charge on any atom is -0.468 e. The zero-order chi connectivity index (χ0) is 23.5. The lowest BCUT2D eigenvalue weighted by atomic mass is 9.80. The molecule has 13 heteroatoms. The Morgan fingerprint density at radius 2 is 1.94 bits per heavy atom. The Hall–Kier alpha value is -3.39. The van der Waals surface area contributed by atoms with Gasteiger partial charge in [0.25, 0.3) is 0 Å². The lowest BCUT2D eigenvalue weighted by molar-refractivity contribution is 0.374. The molecule has 170 valence electrons. The van der Waals surface area contributed by atoms with E-state index in [1.54, 1.807) is 41.0 Å². The molecule has 4 rings (SSSR count). The van der Waals surface area contributed by atoms with Gasteiger partial charge in [0.1, 0.15) is 22.3 Å². The zero-order valence-electron chi connectivity index (χ0n) is 18.0. The number of anilines is 1. The number of benzene rings is 2. The lowest BCUT2D eigenvalue weighted by Crippen LogP contribution is -2.30. The molecule has 11 nitrogen and oxygen atoms in total. The summed E-state index contributed by atoms with van der Waals surface area (Å²) in [6.45, 7) is 2.28. The summed E-state index contributed by atoms with van der Waals surface area (Å²) in [7, 11) is -1.80. The maximum Gasteiger partial charge on any atom is 0.488 e. The second kappa shape index (κ2) is 9.62. The molecule has 0 aliphatic heterocycles. The van der Waals surface area contributed by atoms with E-state index in [0.717, 1.165) is 5.56 Å². The predicted octanol–water partition coefficient (Wildman–Crippen LogP) is 0.0547. The summed E-state index contributed by atoms with van der Waals surface area (Å²) >= 11 is 0. The van der Waals surface area contributed by atoms with Crippen molar-refractivity contribution in [1.82, 2.24) is 24.5 Å². The van der Waals surface area contributed by atoms with Gasteiger partial charge in [-0.25, -0.2) is 13.9 Å². The van der Waals surface area contributed by atoms with E-state index in [9.17, 15) is 14.3 Å². The molecule has 0 bridgehead atoms. The molecular weight excluding hydrogens is 445 g/mol. The van der Waals surface area contributed by atoms with Crippen molar-refractivity contribution in [3.63, 3.8) is 0 Å². The Balaban J connectivity index is 1.75. The predicted molar refractivity (Wildman–Crippen MR) is 125 cm³/mol. The molecule has 1 atom stereocenters. The number of aromatic nitrogens is 5. The third-order valence-corrected chi connectivity index (χ3v) is 5.67. The molecule has 4 aromatic rings. The highest BCUT2D eigenvalue weighted by molar-refractivity contribution is 7.83. The molecule has 0 fully saturated rings. The number of hydrogen-bond donors (Lipinski definition) is 4. The van der Waals surface area contributed by atoms with Crippen LogP contribution in [0.15, 0.2) is 47.4 Å². The first-order valence-electron chi connectivity index (χ1n) is 10.1. The fourth-order valence-electron chi connectivity index (χ4n) is 3.33. The number of para-hydroxylation sites is 1. The third kappa shape index (κ3) is 4.71. The Morgan fingerprint density at radius 1 is 1.15 bits per heavy atom. The van der Waals surface area contributed by atoms with Gasteiger partial charge >= 0.3 is 13.1 Å². The monoisotopic (exact) mass is 467 g/mol. The van der Waals surface area contributed by atoms with Gasteiger partial charge < -0.3 is 20.1 Å². The molecular formula is C20H22BN7O4S. The quantitative estimate of drug-likeness (QED) is 0.263. The summed E-state index contributed by atoms with van der Waals surface area (Å²) in [5.41, 5.74) is 2.23. The van der Waals surface area contributed by atoms with E-state index in [1.165, 1.54) is 7.11 Å². The summed E-state index contributed by atoms with van der Waals surface area (Å²) < 4.78 is 19.0. The smallest absolute Gasteiger partial charge is 0.468 e. The first kappa shape index (κ1) is 22.8. The van der Waals surface area contributed by atoms with E-state index in [4.69, 9.17) is 9.88 Å². The van der Waals surface area contributed by atoms with Crippen LogP contribution in [0.3, 0.4) is 0 Å². The number of nitrogens with one attached hydrogen (secondary N) is 1. The van der Waals surface area contributed by atoms with Gasteiger partial charge in [0, 0.05) is 13.0 Å². The number of nitrogens with zero attached hydrogens (tertiary/aromatic N) is 5. The average molecular weight is 467 g/mol. The van der Waals surface area contributed by atoms with Crippen molar-refractivity contribution in [2.75, 3.05) is 12.4 Å². The highest BCUT2D eigenvalue weighted by Crippen LogP contribution is 2.28. The van der Waals surface area contributed by atoms with Crippen molar-refractivity contribution in [2.45, 2.75) is 24.8 Å². The zero-order valence-corrected chi connectivity index (χ0v) is 18.8. The van der Waals surface area contributed by atoms with Gasteiger partial charge in [-0.05, 0) is 23.2 Å². The van der Waals surface area contributed by atoms with Crippen LogP contribution in [0.25, 0.3) is 17.0 Å². The molecule has 2 heterocycles. The van der Waals surface area contributed by atoms with Crippen molar-refractivity contribution in [1.29, 1.82) is 0 Å². The highest BCUT2D eigenvalue weighted by Gasteiger charge is 2.20. The van der Waals surface area contributed by atoms with Crippen LogP contribution in [-0.2, 0) is 24.0 Å². The van der Waals surface area contributed by atoms with Crippen LogP contribution in [0.2, 0.25) is 0 Å². The molecule has 2 aromatic carbocycles. The van der Waals surface area contributed by atoms with Gasteiger partial charge in [-0.15, -0.1) is 0 Å². The number of methoxy groups -OCH3 is 1. The van der Waals surface area contributed by atoms with E-state index in [1.807, 2.05) is 13.0 Å². The lowest BCUT2D eigenvalue weighted by Gasteiger charge is -2.11. The molecule has 33 heavy (non-hydrogen) atoms. The number of rotatable bonds is 8. The first-order valence-corrected chi connectivity index (χ1v) is 11.3. The summed E-state index contributed by atoms with van der Waals surface area (Å²) in [6.07, 6.45) is 0.559. The second-order valence-corrected chi connectivity index (χ2v) is 8.09. The maximum absolute atomic E-state index is 12.0. The van der Waals surface area contributed by atoms with Crippen molar-refractivity contribution in [3.05, 3.63) is 53.9 Å². The van der Waals surface area contributed by atoms with Gasteiger partial charge in [-0.1, -0.05) is 37.3 Å². The summed E-state index contributed by atoms with van der Waals surface area (Å²) in [4.78, 5) is 18.3. The molecule has 0 radical (unpaired) electrons. The van der Waals surface area contributed by atoms with Crippen LogP contribution >= 0.6 is 0 Å². The van der Waals surface area contributed by atoms with Crippen LogP contribution in [0, 0.1) is 0 Å². The molecule has 2 aromatic heterocycles. The Morgan fingerprint density at radius 3 is 2.64 bits per heavy atom. The van der Waals surface area contributed by atoms with E-state index >= 15 is 0 Å². The topological polar surface area (TPSA) is 161 Å². The third-order valence-electron chi connectivity index (χ3n) is 4.90. The van der Waals surface area contributed by atoms with Crippen molar-refractivity contribution >= 4 is 40.5 Å². The standard InChI is InChI=1S/C20H22BN7O4S/c1-3-16-24-18(23-11-12-6-4-7-13(10-12)21(29)30)27-19(25-16)28-14-8-5-9-15(33(22)31)17(14)26-20(28)32-2/h4-10,29-30H,3,11,22H2,1-2H3,(H,23,24,25,27). The van der Waals surface area contributed by atoms with Crippen molar-refractivity contribution in [2.24, 2.45) is 5.14 Å². The number of imidazole rings is 1. The average Bonchev–Trinajstić information content (AvgIpc) is 3.21. The first-order chi connectivity index (χ1) is 15.9. The molecule has 0 spiro atoms. The van der Waals surface area contributed by atoms with Crippen molar-refractivity contribution in [3.8, 4) is 12.0 Å². The number of fused-ring (bicyclic) bond motifs is 1. The van der Waals surface area contributed by atoms with Crippen LogP contribution in [0.4, 0.5) is 5.95 Å². The largest absolute Gasteiger partial charge is 0.488 e. The van der Waals surface area contributed by atoms with Crippen LogP contribution in [-0.4, -0.2) is 53.0 Å². The normalized spacial score (nSPS) is 12.0. The Labute approximate surface area is 192 Å². The summed E-state index contributed by atoms with van der Waals surface area (Å²) in [5, 5.41) is 27.5. The summed E-state index contributed by atoms with van der Waals surface area (Å²) in [6, 6.07) is 12.3. The van der Waals surface area contributed by atoms with Crippen LogP contribution < -0.4 is 20.7 Å². The fraction of sp³-hybridized carbons (Fsp3) is 0.200. The number of nitrogens with two attached hydrogens (primary N) is 1. The second-order valence-electron chi connectivity index (χ2n) is 7.06. The Kier molecular flexibility index (Phi) is 6.65. The molecule has 0 saturated carbocycles. The molecule has 0 aliphatic carbocycles. The summed E-state index contributed by atoms with van der Waals surface area (Å²) in [5.74, 6) is 1.15. The molecule has 0 amide bonds. The maximum atomic E-state index is 12.0. The van der Waals surface area contributed by atoms with Crippen LogP contribution in [0.5, 0.6) is 6.01 Å². The highest BCUT2D eigenvalue weighted by atomic mass is 32.2. The van der Waals surface area contributed by atoms with E-state index in [-0.39, 0.29) is 12.0 Å². The van der Waals surface area contributed by atoms with Crippen LogP contribution in [0.1, 0.15) is 18.3 Å². The van der Waals surface area contributed by atoms with Gasteiger partial charge in [0.15, 0.2) is 0 Å². The van der Waals surface area contributed by atoms with Crippen molar-refractivity contribution < 1.29 is 19.0 Å². The molecule has 5 N–H and O–H groups in total. The van der Waals surface area contributed by atoms with E-state index < -0.39 is 18.1 Å². The fourth-order valence-corrected chi connectivity index (χ4v) is 3.89. The van der Waals surface area contributed by atoms with Gasteiger partial charge in [-0.3, -0.25) is 0 Å². The van der Waals surface area contributed by atoms with Gasteiger partial charge in [0.2, 0.25) is 11.9 Å². The minimum absolute atomic E-state index is 0.215.